The number of carbonyl (C=O) groups is 10. The summed E-state index contributed by atoms with van der Waals surface area (Å²) in [5, 5.41) is 59.5. The van der Waals surface area contributed by atoms with Crippen LogP contribution in [0.15, 0.2) is 304 Å². The van der Waals surface area contributed by atoms with Crippen molar-refractivity contribution < 1.29 is 106 Å². The maximum absolute atomic E-state index is 13.0. The number of aliphatic carboxylic acids is 5. The first-order chi connectivity index (χ1) is 69.4. The van der Waals surface area contributed by atoms with Crippen LogP contribution in [0.3, 0.4) is 0 Å². The number of nitrogens with one attached hydrogen (secondary N) is 5. The lowest BCUT2D eigenvalue weighted by molar-refractivity contribution is -0.143. The van der Waals surface area contributed by atoms with Crippen LogP contribution in [0.2, 0.25) is 0 Å². The summed E-state index contributed by atoms with van der Waals surface area (Å²) in [6.07, 6.45) is 7.45. The summed E-state index contributed by atoms with van der Waals surface area (Å²) in [7, 11) is 1.54. The van der Waals surface area contributed by atoms with Gasteiger partial charge in [-0.25, -0.2) is 42.7 Å². The van der Waals surface area contributed by atoms with Gasteiger partial charge in [-0.15, -0.1) is 6.58 Å². The number of alkyl carbamates (subject to hydrolysis) is 5. The molecule has 0 saturated heterocycles. The second-order valence-electron chi connectivity index (χ2n) is 36.4. The number of carboxylic acid groups (broad SMARTS) is 5. The highest BCUT2D eigenvalue weighted by molar-refractivity contribution is 5.87. The van der Waals surface area contributed by atoms with E-state index in [1.54, 1.807) is 37.5 Å². The van der Waals surface area contributed by atoms with Crippen LogP contribution in [0.25, 0.3) is 55.6 Å². The van der Waals surface area contributed by atoms with Crippen molar-refractivity contribution in [2.45, 2.75) is 150 Å². The molecule has 0 spiro atoms. The van der Waals surface area contributed by atoms with Gasteiger partial charge < -0.3 is 80.5 Å². The van der Waals surface area contributed by atoms with Crippen LogP contribution < -0.4 is 31.3 Å². The van der Waals surface area contributed by atoms with Gasteiger partial charge in [-0.05, 0) is 185 Å². The van der Waals surface area contributed by atoms with Crippen molar-refractivity contribution in [2.24, 2.45) is 11.8 Å². The van der Waals surface area contributed by atoms with E-state index in [2.05, 4.69) is 106 Å². The highest BCUT2D eigenvalue weighted by atomic mass is 19.1. The minimum absolute atomic E-state index is 0.0227. The van der Waals surface area contributed by atoms with E-state index in [0.29, 0.717) is 42.9 Å². The molecule has 10 N–H and O–H groups in total. The lowest BCUT2D eigenvalue weighted by Crippen LogP contribution is -2.42. The van der Waals surface area contributed by atoms with Gasteiger partial charge in [0.25, 0.3) is 0 Å². The Labute approximate surface area is 828 Å². The van der Waals surface area contributed by atoms with Crippen molar-refractivity contribution in [3.05, 3.63) is 376 Å². The molecule has 2 fully saturated rings. The predicted octanol–water partition coefficient (Wildman–Crippen LogP) is 21.7. The van der Waals surface area contributed by atoms with Crippen LogP contribution in [0.4, 0.5) is 28.4 Å². The first-order valence-electron chi connectivity index (χ1n) is 48.1. The van der Waals surface area contributed by atoms with E-state index in [4.69, 9.17) is 33.5 Å². The molecule has 19 rings (SSSR count). The molecule has 0 aromatic heterocycles. The highest BCUT2D eigenvalue weighted by Crippen LogP contribution is 2.50. The lowest BCUT2D eigenvalue weighted by Gasteiger charge is -2.27. The van der Waals surface area contributed by atoms with E-state index >= 15 is 0 Å². The zero-order chi connectivity index (χ0) is 100. The summed E-state index contributed by atoms with van der Waals surface area (Å²) in [6.45, 7) is 4.48. The SMILES string of the molecule is C=CC[C@@H](CC(=O)O)NC(=O)OCC1c2ccccc2-c2ccccc21.COc1cccc(C[C@@H](NC(=O)OCC2c3ccccc3-c3ccccc32)C(=O)O)c1.O=C(N[C@@H]1CCC[C@H](C(=O)O)C1)OCC1c2ccccc2-c2ccccc21.O=C(N[C@H](CC1CCCCC1)C(=O)O)OCC1c2ccccc2-c2ccccc21.O=C(N[C@H](Cc1ccc(F)cc1)C(=O)O)OCC1c2ccccc2-c2ccccc21. The average molecular weight is 1930 g/mol. The molecule has 12 aromatic rings. The molecule has 143 heavy (non-hydrogen) atoms. The van der Waals surface area contributed by atoms with Crippen LogP contribution in [-0.2, 0) is 60.5 Å². The van der Waals surface area contributed by atoms with Crippen molar-refractivity contribution in [1.82, 2.24) is 26.6 Å². The second kappa shape index (κ2) is 48.6. The lowest BCUT2D eigenvalue weighted by atomic mass is 9.85. The molecule has 6 atom stereocenters. The van der Waals surface area contributed by atoms with Gasteiger partial charge in [-0.2, -0.15) is 0 Å². The number of hydrogen-bond donors (Lipinski definition) is 10. The van der Waals surface area contributed by atoms with Crippen molar-refractivity contribution in [1.29, 1.82) is 0 Å². The Morgan fingerprint density at radius 1 is 0.357 bits per heavy atom. The number of ether oxygens (including phenoxy) is 6. The van der Waals surface area contributed by atoms with Gasteiger partial charge >= 0.3 is 60.3 Å². The zero-order valence-corrected chi connectivity index (χ0v) is 79.0. The van der Waals surface area contributed by atoms with Crippen LogP contribution >= 0.6 is 0 Å². The summed E-state index contributed by atoms with van der Waals surface area (Å²) >= 11 is 0. The number of fused-ring (bicyclic) bond motifs is 15. The molecular weight excluding hydrogens is 1820 g/mol. The monoisotopic (exact) mass is 1930 g/mol. The molecule has 0 bridgehead atoms. The van der Waals surface area contributed by atoms with Crippen molar-refractivity contribution in [2.75, 3.05) is 40.1 Å². The first-order valence-corrected chi connectivity index (χ1v) is 48.1. The maximum atomic E-state index is 13.0. The van der Waals surface area contributed by atoms with Crippen molar-refractivity contribution in [3.63, 3.8) is 0 Å². The number of halogens is 1. The summed E-state index contributed by atoms with van der Waals surface area (Å²) < 4.78 is 45.5. The number of amides is 5. The molecule has 0 radical (unpaired) electrons. The second-order valence-corrected chi connectivity index (χ2v) is 36.4. The van der Waals surface area contributed by atoms with E-state index in [1.807, 2.05) is 170 Å². The number of methoxy groups -OCH3 is 1. The number of rotatable bonds is 30. The minimum atomic E-state index is -1.19. The molecule has 27 heteroatoms. The van der Waals surface area contributed by atoms with E-state index in [1.165, 1.54) is 52.9 Å². The molecule has 7 aliphatic carbocycles. The summed E-state index contributed by atoms with van der Waals surface area (Å²) in [5.74, 6) is -5.09. The van der Waals surface area contributed by atoms with E-state index in [-0.39, 0.29) is 93.8 Å². The topological polar surface area (TPSA) is 387 Å². The Balaban J connectivity index is 0.000000135. The van der Waals surface area contributed by atoms with Crippen molar-refractivity contribution >= 4 is 60.3 Å². The maximum Gasteiger partial charge on any atom is 0.407 e. The van der Waals surface area contributed by atoms with Crippen LogP contribution in [-0.4, -0.2) is 156 Å². The summed E-state index contributed by atoms with van der Waals surface area (Å²) in [6, 6.07) is 89.6. The van der Waals surface area contributed by atoms with Crippen LogP contribution in [0, 0.1) is 17.7 Å². The Morgan fingerprint density at radius 2 is 0.671 bits per heavy atom. The fourth-order valence-corrected chi connectivity index (χ4v) is 20.4. The fourth-order valence-electron chi connectivity index (χ4n) is 20.4. The third-order valence-electron chi connectivity index (χ3n) is 27.2. The number of benzene rings is 12. The third-order valence-corrected chi connectivity index (χ3v) is 27.2. The predicted molar refractivity (Wildman–Crippen MR) is 538 cm³/mol. The molecule has 0 aliphatic heterocycles. The average Bonchev–Trinajstić information content (AvgIpc) is 1.64. The molecule has 2 saturated carbocycles. The normalized spacial score (nSPS) is 15.5. The van der Waals surface area contributed by atoms with E-state index in [9.17, 15) is 72.8 Å². The molecular formula is C116H114FN5O21. The van der Waals surface area contributed by atoms with Gasteiger partial charge in [0.15, 0.2) is 0 Å². The largest absolute Gasteiger partial charge is 0.497 e. The van der Waals surface area contributed by atoms with E-state index in [0.717, 1.165) is 133 Å². The smallest absolute Gasteiger partial charge is 0.407 e. The Kier molecular flexibility index (Phi) is 34.4. The molecule has 12 aromatic carbocycles. The molecule has 0 heterocycles. The zero-order valence-electron chi connectivity index (χ0n) is 79.0. The van der Waals surface area contributed by atoms with Gasteiger partial charge in [-0.1, -0.05) is 312 Å². The summed E-state index contributed by atoms with van der Waals surface area (Å²) in [4.78, 5) is 118. The number of hydrogen-bond acceptors (Lipinski definition) is 16. The van der Waals surface area contributed by atoms with Gasteiger partial charge in [-0.3, -0.25) is 9.59 Å². The summed E-state index contributed by atoms with van der Waals surface area (Å²) in [5.41, 5.74) is 24.1. The van der Waals surface area contributed by atoms with Crippen LogP contribution in [0.1, 0.15) is 173 Å². The van der Waals surface area contributed by atoms with Crippen molar-refractivity contribution in [3.8, 4) is 61.4 Å². The van der Waals surface area contributed by atoms with Gasteiger partial charge in [0, 0.05) is 54.5 Å². The molecule has 7 aliphatic rings. The fraction of sp³-hybridized carbons (Fsp3) is 0.276. The quantitative estimate of drug-likeness (QED) is 0.0148. The van der Waals surface area contributed by atoms with Gasteiger partial charge in [0.2, 0.25) is 0 Å². The Hall–Kier alpha value is -16.2. The molecule has 0 unspecified atom stereocenters. The number of carbonyl (C=O) groups excluding carboxylic acids is 5. The third kappa shape index (κ3) is 25.7. The molecule has 5 amide bonds. The van der Waals surface area contributed by atoms with Gasteiger partial charge in [0.05, 0.1) is 19.4 Å². The first kappa shape index (κ1) is 101. The number of carboxylic acids is 5. The molecule has 26 nitrogen and oxygen atoms in total. The van der Waals surface area contributed by atoms with Crippen LogP contribution in [0.5, 0.6) is 5.75 Å². The van der Waals surface area contributed by atoms with Gasteiger partial charge in [0.1, 0.15) is 62.7 Å². The van der Waals surface area contributed by atoms with E-state index < -0.39 is 90.3 Å². The Morgan fingerprint density at radius 3 is 0.986 bits per heavy atom. The standard InChI is InChI=1S/C25H23NO5.C24H20FNO4.C24H27NO4.C22H23NO4.C21H21NO4/c1-30-17-8-6-7-16(13-17)14-23(24(27)28)26-25(29)31-15-22-20-11-4-2-9-18(20)19-10-3-5-12-21(19)22;25-16-11-9-15(10-12-16)13-22(23(27)28)26-24(29)30-14-21-19-7-3-1-5-17(19)18-6-2-4-8-20(18)21;26-23(27)22(14-16-8-2-1-3-9-16)25-24(28)29-15-21-19-12-6-4-10-17(19)18-11-5-7-13-20(18)21;24-21(25)14-6-5-7-15(12-14)23-22(26)27-13-20-18-10-3-1-8-16(18)17-9-2-4-11-19(17)20;1-2-7-14(12-20(23)24)22-21(25)26-13-19-17-10-5-3-8-15(17)16-9-4-6-11-18(16)19/h2-13,22-23H,14-15H2,1H3,(H,26,29)(H,27,28);1-12,21-22H,13-14H2,(H,26,29)(H,27,28);4-7,10-13,16,21-22H,1-3,8-9,14-15H2,(H,25,28)(H,26,27);1-4,8-11,14-15,20H,5-7,12-13H2,(H,23,26)(H,24,25);2-6,8-11,14,19H,1,7,12-13H2,(H,22,25)(H,23,24)/t23-;2*22-;14-,15+;14-/m11100/s1. The Bertz CT molecular complexity index is 6350. The minimum Gasteiger partial charge on any atom is -0.497 e. The molecule has 736 valence electrons. The highest BCUT2D eigenvalue weighted by Gasteiger charge is 2.38.